The van der Waals surface area contributed by atoms with Crippen LogP contribution in [-0.4, -0.2) is 13.2 Å². The van der Waals surface area contributed by atoms with Gasteiger partial charge in [-0.15, -0.1) is 6.58 Å². The second kappa shape index (κ2) is 8.03. The third kappa shape index (κ3) is 4.43. The topological polar surface area (TPSA) is 18.5 Å². The third-order valence-corrected chi connectivity index (χ3v) is 5.56. The molecule has 0 saturated heterocycles. The van der Waals surface area contributed by atoms with Crippen molar-refractivity contribution in [3.8, 4) is 11.5 Å². The fourth-order valence-electron chi connectivity index (χ4n) is 3.56. The SMILES string of the molecule is C=CCCOc1cc2cc3c(cc(C(C)(C)C)cc13)OCC/C=C/CC2(C)C. The van der Waals surface area contributed by atoms with Crippen molar-refractivity contribution in [2.75, 3.05) is 13.2 Å². The van der Waals surface area contributed by atoms with Gasteiger partial charge < -0.3 is 9.47 Å². The molecular weight excluding hydrogens is 344 g/mol. The fourth-order valence-corrected chi connectivity index (χ4v) is 3.56. The third-order valence-electron chi connectivity index (χ3n) is 5.56. The molecule has 0 unspecified atom stereocenters. The number of rotatable bonds is 4. The van der Waals surface area contributed by atoms with E-state index in [4.69, 9.17) is 9.47 Å². The van der Waals surface area contributed by atoms with E-state index in [9.17, 15) is 0 Å². The fraction of sp³-hybridized carbons (Fsp3) is 0.462. The van der Waals surface area contributed by atoms with Crippen molar-refractivity contribution in [3.63, 3.8) is 0 Å². The van der Waals surface area contributed by atoms with Crippen LogP contribution in [-0.2, 0) is 10.8 Å². The summed E-state index contributed by atoms with van der Waals surface area (Å²) in [5.74, 6) is 1.91. The maximum Gasteiger partial charge on any atom is 0.127 e. The van der Waals surface area contributed by atoms with Crippen molar-refractivity contribution in [1.82, 2.24) is 0 Å². The first-order valence-electron chi connectivity index (χ1n) is 10.4. The van der Waals surface area contributed by atoms with Crippen LogP contribution < -0.4 is 9.47 Å². The van der Waals surface area contributed by atoms with Crippen molar-refractivity contribution >= 4 is 10.8 Å². The molecule has 0 spiro atoms. The number of fused-ring (bicyclic) bond motifs is 1. The standard InChI is InChI=1S/C26H34O2/c1-7-8-13-27-24-18-20-16-22-21(24)15-19(25(2,3)4)17-23(22)28-14-11-9-10-12-26(20,5)6/h7,9-10,15-18H,1,8,11-14H2,2-6H3/b10-9+. The van der Waals surface area contributed by atoms with Gasteiger partial charge in [0, 0.05) is 10.8 Å². The Morgan fingerprint density at radius 3 is 2.61 bits per heavy atom. The monoisotopic (exact) mass is 378 g/mol. The van der Waals surface area contributed by atoms with Gasteiger partial charge in [-0.1, -0.05) is 52.8 Å². The van der Waals surface area contributed by atoms with Crippen molar-refractivity contribution in [2.24, 2.45) is 0 Å². The summed E-state index contributed by atoms with van der Waals surface area (Å²) in [7, 11) is 0. The highest BCUT2D eigenvalue weighted by Crippen LogP contribution is 2.42. The van der Waals surface area contributed by atoms with E-state index in [1.54, 1.807) is 0 Å². The summed E-state index contributed by atoms with van der Waals surface area (Å²) < 4.78 is 12.5. The molecule has 1 aliphatic rings. The Balaban J connectivity index is 2.27. The molecule has 0 N–H and O–H groups in total. The Labute approximate surface area is 170 Å². The second-order valence-corrected chi connectivity index (χ2v) is 9.42. The van der Waals surface area contributed by atoms with Crippen molar-refractivity contribution < 1.29 is 9.47 Å². The second-order valence-electron chi connectivity index (χ2n) is 9.42. The molecule has 2 aromatic carbocycles. The maximum absolute atomic E-state index is 6.27. The van der Waals surface area contributed by atoms with E-state index in [1.165, 1.54) is 11.1 Å². The first-order chi connectivity index (χ1) is 13.2. The molecule has 2 heteroatoms. The van der Waals surface area contributed by atoms with Crippen LogP contribution in [0.2, 0.25) is 0 Å². The molecule has 0 saturated carbocycles. The Morgan fingerprint density at radius 1 is 1.11 bits per heavy atom. The van der Waals surface area contributed by atoms with E-state index in [2.05, 4.69) is 77.6 Å². The van der Waals surface area contributed by atoms with E-state index in [1.807, 2.05) is 6.08 Å². The number of hydrogen-bond acceptors (Lipinski definition) is 2. The van der Waals surface area contributed by atoms with Gasteiger partial charge in [0.05, 0.1) is 13.2 Å². The van der Waals surface area contributed by atoms with Crippen molar-refractivity contribution in [3.05, 3.63) is 60.2 Å². The molecule has 0 radical (unpaired) electrons. The first kappa shape index (κ1) is 20.5. The van der Waals surface area contributed by atoms with E-state index in [-0.39, 0.29) is 10.8 Å². The van der Waals surface area contributed by atoms with Gasteiger partial charge in [0.1, 0.15) is 11.5 Å². The summed E-state index contributed by atoms with van der Waals surface area (Å²) in [5, 5.41) is 2.28. The maximum atomic E-state index is 6.27. The molecule has 28 heavy (non-hydrogen) atoms. The minimum Gasteiger partial charge on any atom is -0.493 e. The zero-order chi connectivity index (χ0) is 20.4. The highest BCUT2D eigenvalue weighted by molar-refractivity contribution is 5.95. The lowest BCUT2D eigenvalue weighted by Gasteiger charge is -2.27. The summed E-state index contributed by atoms with van der Waals surface area (Å²) in [6.45, 7) is 16.5. The summed E-state index contributed by atoms with van der Waals surface area (Å²) in [5.41, 5.74) is 2.62. The van der Waals surface area contributed by atoms with Gasteiger partial charge in [0.15, 0.2) is 0 Å². The highest BCUT2D eigenvalue weighted by atomic mass is 16.5. The Hall–Kier alpha value is -2.22. The van der Waals surface area contributed by atoms with Gasteiger partial charge in [-0.25, -0.2) is 0 Å². The van der Waals surface area contributed by atoms with Gasteiger partial charge in [-0.2, -0.15) is 0 Å². The lowest BCUT2D eigenvalue weighted by Crippen LogP contribution is -2.16. The van der Waals surface area contributed by atoms with Crippen LogP contribution in [0.4, 0.5) is 0 Å². The largest absolute Gasteiger partial charge is 0.493 e. The normalized spacial score (nSPS) is 17.6. The lowest BCUT2D eigenvalue weighted by atomic mass is 9.79. The predicted molar refractivity (Wildman–Crippen MR) is 120 cm³/mol. The average Bonchev–Trinajstić information content (AvgIpc) is 2.65. The van der Waals surface area contributed by atoms with E-state index < -0.39 is 0 Å². The van der Waals surface area contributed by atoms with Crippen LogP contribution >= 0.6 is 0 Å². The molecule has 0 atom stereocenters. The number of ether oxygens (including phenoxy) is 2. The van der Waals surface area contributed by atoms with Gasteiger partial charge in [0.25, 0.3) is 0 Å². The minimum absolute atomic E-state index is 0.0333. The molecule has 150 valence electrons. The lowest BCUT2D eigenvalue weighted by molar-refractivity contribution is 0.324. The zero-order valence-corrected chi connectivity index (χ0v) is 18.1. The van der Waals surface area contributed by atoms with E-state index >= 15 is 0 Å². The summed E-state index contributed by atoms with van der Waals surface area (Å²) >= 11 is 0. The molecule has 2 nitrogen and oxygen atoms in total. The van der Waals surface area contributed by atoms with Gasteiger partial charge in [-0.05, 0) is 65.5 Å². The molecule has 1 aliphatic heterocycles. The van der Waals surface area contributed by atoms with Crippen LogP contribution in [0, 0.1) is 0 Å². The minimum atomic E-state index is 0.0333. The number of hydrogen-bond donors (Lipinski definition) is 0. The molecule has 0 fully saturated rings. The van der Waals surface area contributed by atoms with Crippen LogP contribution in [0.1, 0.15) is 65.0 Å². The van der Waals surface area contributed by atoms with Crippen LogP contribution in [0.3, 0.4) is 0 Å². The molecule has 0 aliphatic carbocycles. The first-order valence-corrected chi connectivity index (χ1v) is 10.4. The van der Waals surface area contributed by atoms with E-state index in [0.29, 0.717) is 13.2 Å². The van der Waals surface area contributed by atoms with Crippen LogP contribution in [0.25, 0.3) is 10.8 Å². The smallest absolute Gasteiger partial charge is 0.127 e. The predicted octanol–water partition coefficient (Wildman–Crippen LogP) is 7.10. The molecule has 0 aromatic heterocycles. The molecule has 2 aromatic rings. The summed E-state index contributed by atoms with van der Waals surface area (Å²) in [6, 6.07) is 9.03. The van der Waals surface area contributed by atoms with Gasteiger partial charge >= 0.3 is 0 Å². The molecule has 1 heterocycles. The Morgan fingerprint density at radius 2 is 1.89 bits per heavy atom. The van der Waals surface area contributed by atoms with Crippen molar-refractivity contribution in [2.45, 2.75) is 64.7 Å². The average molecular weight is 379 g/mol. The van der Waals surface area contributed by atoms with Crippen LogP contribution in [0.5, 0.6) is 11.5 Å². The summed E-state index contributed by atoms with van der Waals surface area (Å²) in [4.78, 5) is 0. The van der Waals surface area contributed by atoms with Crippen molar-refractivity contribution in [1.29, 1.82) is 0 Å². The van der Waals surface area contributed by atoms with Gasteiger partial charge in [0.2, 0.25) is 0 Å². The quantitative estimate of drug-likeness (QED) is 0.417. The molecular formula is C26H34O2. The number of allylic oxidation sites excluding steroid dienone is 1. The van der Waals surface area contributed by atoms with E-state index in [0.717, 1.165) is 41.5 Å². The highest BCUT2D eigenvalue weighted by Gasteiger charge is 2.24. The molecule has 0 amide bonds. The molecule has 2 bridgehead atoms. The Bertz CT molecular complexity index is 881. The molecule has 3 rings (SSSR count). The number of benzene rings is 2. The Kier molecular flexibility index (Phi) is 5.88. The zero-order valence-electron chi connectivity index (χ0n) is 18.1. The van der Waals surface area contributed by atoms with Crippen LogP contribution in [0.15, 0.2) is 49.1 Å². The summed E-state index contributed by atoms with van der Waals surface area (Å²) in [6.07, 6.45) is 9.18. The van der Waals surface area contributed by atoms with Gasteiger partial charge in [-0.3, -0.25) is 0 Å².